The summed E-state index contributed by atoms with van der Waals surface area (Å²) >= 11 is 0. The van der Waals surface area contributed by atoms with E-state index in [1.807, 2.05) is 15.5 Å². The number of nitrogens with zero attached hydrogens (tertiary/aromatic N) is 1. The second kappa shape index (κ2) is 5.07. The fourth-order valence-electron chi connectivity index (χ4n) is 1.06. The van der Waals surface area contributed by atoms with Crippen molar-refractivity contribution in [1.29, 1.82) is 0 Å². The third-order valence-corrected chi connectivity index (χ3v) is 1.89. The molecule has 88 valence electrons. The highest BCUT2D eigenvalue weighted by atomic mass is 16.2. The number of nitrogens with one attached hydrogen (secondary N) is 4. The van der Waals surface area contributed by atoms with E-state index in [2.05, 4.69) is 10.4 Å². The highest BCUT2D eigenvalue weighted by Gasteiger charge is 2.16. The fraction of sp³-hybridized carbons (Fsp3) is 0.429. The van der Waals surface area contributed by atoms with Gasteiger partial charge < -0.3 is 5.32 Å². The number of aromatic nitrogens is 3. The summed E-state index contributed by atoms with van der Waals surface area (Å²) < 4.78 is 0. The number of hydrogen-bond acceptors (Lipinski definition) is 6. The Kier molecular flexibility index (Phi) is 3.78. The van der Waals surface area contributed by atoms with Crippen LogP contribution in [0.1, 0.15) is 13.3 Å². The van der Waals surface area contributed by atoms with Crippen LogP contribution in [0.2, 0.25) is 0 Å². The molecule has 6 N–H and O–H groups in total. The zero-order valence-electron chi connectivity index (χ0n) is 8.53. The van der Waals surface area contributed by atoms with Crippen LogP contribution < -0.4 is 27.8 Å². The topological polar surface area (TPSA) is 146 Å². The largest absolute Gasteiger partial charge is 0.352 e. The van der Waals surface area contributed by atoms with Gasteiger partial charge in [0.1, 0.15) is 6.04 Å². The average molecular weight is 228 g/mol. The maximum Gasteiger partial charge on any atom is 0.342 e. The number of carbonyl (C=O) groups excluding carboxylic acids is 1. The number of aromatic amines is 2. The predicted octanol–water partition coefficient (Wildman–Crippen LogP) is -2.36. The lowest BCUT2D eigenvalue weighted by atomic mass is 10.2. The van der Waals surface area contributed by atoms with E-state index in [0.717, 1.165) is 0 Å². The van der Waals surface area contributed by atoms with E-state index in [9.17, 15) is 14.4 Å². The van der Waals surface area contributed by atoms with Gasteiger partial charge in [-0.2, -0.15) is 0 Å². The first-order valence-electron chi connectivity index (χ1n) is 4.54. The lowest BCUT2D eigenvalue weighted by Crippen LogP contribution is -2.44. The van der Waals surface area contributed by atoms with E-state index in [1.165, 1.54) is 0 Å². The van der Waals surface area contributed by atoms with E-state index in [0.29, 0.717) is 6.42 Å². The minimum Gasteiger partial charge on any atom is -0.352 e. The Bertz CT molecular complexity index is 478. The Balaban J connectivity index is 2.90. The summed E-state index contributed by atoms with van der Waals surface area (Å²) in [5.41, 5.74) is 0.536. The van der Waals surface area contributed by atoms with Crippen molar-refractivity contribution in [3.05, 3.63) is 20.8 Å². The molecule has 0 aliphatic heterocycles. The Morgan fingerprint density at radius 2 is 2.25 bits per heavy atom. The summed E-state index contributed by atoms with van der Waals surface area (Å²) in [4.78, 5) is 35.1. The van der Waals surface area contributed by atoms with Crippen LogP contribution in [0.25, 0.3) is 0 Å². The lowest BCUT2D eigenvalue weighted by Gasteiger charge is -2.14. The highest BCUT2D eigenvalue weighted by Crippen LogP contribution is 1.98. The van der Waals surface area contributed by atoms with Crippen LogP contribution in [-0.2, 0) is 4.79 Å². The third kappa shape index (κ3) is 2.67. The van der Waals surface area contributed by atoms with Crippen molar-refractivity contribution in [3.8, 4) is 0 Å². The first-order valence-corrected chi connectivity index (χ1v) is 4.54. The molecule has 0 fully saturated rings. The van der Waals surface area contributed by atoms with E-state index in [1.54, 1.807) is 6.92 Å². The molecule has 0 radical (unpaired) electrons. The zero-order valence-corrected chi connectivity index (χ0v) is 8.53. The summed E-state index contributed by atoms with van der Waals surface area (Å²) in [5, 5.41) is 8.07. The minimum atomic E-state index is -0.716. The SMILES string of the molecule is CCC(Nc1n[nH]c(=O)[nH]c1=O)C(=O)NN. The van der Waals surface area contributed by atoms with Gasteiger partial charge >= 0.3 is 5.69 Å². The van der Waals surface area contributed by atoms with Crippen LogP contribution in [0.5, 0.6) is 0 Å². The molecule has 16 heavy (non-hydrogen) atoms. The van der Waals surface area contributed by atoms with Gasteiger partial charge in [0.2, 0.25) is 5.82 Å². The average Bonchev–Trinajstić information content (AvgIpc) is 2.27. The van der Waals surface area contributed by atoms with Gasteiger partial charge in [0.05, 0.1) is 0 Å². The Hall–Kier alpha value is -2.16. The Morgan fingerprint density at radius 3 is 2.75 bits per heavy atom. The monoisotopic (exact) mass is 228 g/mol. The molecule has 0 spiro atoms. The van der Waals surface area contributed by atoms with Gasteiger partial charge in [-0.1, -0.05) is 6.92 Å². The Morgan fingerprint density at radius 1 is 1.56 bits per heavy atom. The molecular formula is C7H12N6O3. The predicted molar refractivity (Wildman–Crippen MR) is 55.5 cm³/mol. The molecule has 0 aliphatic carbocycles. The first kappa shape index (κ1) is 11.9. The third-order valence-electron chi connectivity index (χ3n) is 1.89. The molecule has 9 nitrogen and oxygen atoms in total. The fourth-order valence-corrected chi connectivity index (χ4v) is 1.06. The number of hydrogen-bond donors (Lipinski definition) is 5. The smallest absolute Gasteiger partial charge is 0.342 e. The highest BCUT2D eigenvalue weighted by molar-refractivity contribution is 5.83. The van der Waals surface area contributed by atoms with Gasteiger partial charge in [0, 0.05) is 0 Å². The molecule has 1 heterocycles. The second-order valence-corrected chi connectivity index (χ2v) is 2.97. The first-order chi connectivity index (χ1) is 7.58. The number of hydrazine groups is 1. The van der Waals surface area contributed by atoms with Crippen LogP contribution in [0.4, 0.5) is 5.82 Å². The van der Waals surface area contributed by atoms with E-state index in [4.69, 9.17) is 5.84 Å². The maximum atomic E-state index is 11.2. The standard InChI is InChI=1S/C7H12N6O3/c1-2-3(5(14)11-8)9-4-6(15)10-7(16)13-12-4/h3H,2,8H2,1H3,(H,9,12)(H,11,14)(H2,10,13,15,16). The van der Waals surface area contributed by atoms with Crippen LogP contribution in [0.3, 0.4) is 0 Å². The number of H-pyrrole nitrogens is 2. The second-order valence-electron chi connectivity index (χ2n) is 2.97. The molecule has 1 amide bonds. The molecule has 0 saturated carbocycles. The summed E-state index contributed by atoms with van der Waals surface area (Å²) in [7, 11) is 0. The molecule has 0 aliphatic rings. The zero-order chi connectivity index (χ0) is 12.1. The molecule has 0 saturated heterocycles. The van der Waals surface area contributed by atoms with Gasteiger partial charge in [0.15, 0.2) is 0 Å². The number of rotatable bonds is 4. The van der Waals surface area contributed by atoms with Crippen molar-refractivity contribution >= 4 is 11.7 Å². The van der Waals surface area contributed by atoms with Crippen molar-refractivity contribution in [2.45, 2.75) is 19.4 Å². The van der Waals surface area contributed by atoms with E-state index in [-0.39, 0.29) is 5.82 Å². The molecule has 1 aromatic rings. The van der Waals surface area contributed by atoms with Gasteiger partial charge in [-0.15, -0.1) is 5.10 Å². The Labute approximate surface area is 89.4 Å². The number of carbonyl (C=O) groups is 1. The molecule has 9 heteroatoms. The van der Waals surface area contributed by atoms with Gasteiger partial charge in [-0.05, 0) is 6.42 Å². The maximum absolute atomic E-state index is 11.2. The van der Waals surface area contributed by atoms with Crippen LogP contribution >= 0.6 is 0 Å². The van der Waals surface area contributed by atoms with Gasteiger partial charge in [0.25, 0.3) is 11.5 Å². The van der Waals surface area contributed by atoms with Crippen molar-refractivity contribution < 1.29 is 4.79 Å². The molecule has 1 aromatic heterocycles. The normalized spacial score (nSPS) is 11.9. The van der Waals surface area contributed by atoms with E-state index < -0.39 is 23.2 Å². The molecule has 1 atom stereocenters. The molecular weight excluding hydrogens is 216 g/mol. The van der Waals surface area contributed by atoms with Gasteiger partial charge in [-0.25, -0.2) is 15.7 Å². The van der Waals surface area contributed by atoms with Crippen LogP contribution in [-0.4, -0.2) is 27.1 Å². The number of anilines is 1. The lowest BCUT2D eigenvalue weighted by molar-refractivity contribution is -0.121. The summed E-state index contributed by atoms with van der Waals surface area (Å²) in [6, 6.07) is -0.690. The number of nitrogens with two attached hydrogens (primary N) is 1. The molecule has 1 unspecified atom stereocenters. The summed E-state index contributed by atoms with van der Waals surface area (Å²) in [6.45, 7) is 1.73. The summed E-state index contributed by atoms with van der Waals surface area (Å²) in [6.07, 6.45) is 0.406. The molecule has 1 rings (SSSR count). The van der Waals surface area contributed by atoms with Crippen molar-refractivity contribution in [2.75, 3.05) is 5.32 Å². The van der Waals surface area contributed by atoms with Crippen molar-refractivity contribution in [2.24, 2.45) is 5.84 Å². The van der Waals surface area contributed by atoms with Crippen molar-refractivity contribution in [1.82, 2.24) is 20.6 Å². The number of amides is 1. The van der Waals surface area contributed by atoms with Gasteiger partial charge in [-0.3, -0.25) is 20.0 Å². The van der Waals surface area contributed by atoms with Crippen LogP contribution in [0.15, 0.2) is 9.59 Å². The minimum absolute atomic E-state index is 0.143. The molecule has 0 bridgehead atoms. The van der Waals surface area contributed by atoms with Crippen molar-refractivity contribution in [3.63, 3.8) is 0 Å². The molecule has 0 aromatic carbocycles. The summed E-state index contributed by atoms with van der Waals surface area (Å²) in [5.74, 6) is 4.34. The van der Waals surface area contributed by atoms with Crippen LogP contribution in [0, 0.1) is 0 Å². The van der Waals surface area contributed by atoms with E-state index >= 15 is 0 Å². The quantitative estimate of drug-likeness (QED) is 0.221.